The van der Waals surface area contributed by atoms with E-state index in [0.29, 0.717) is 0 Å². The van der Waals surface area contributed by atoms with Crippen LogP contribution in [-0.2, 0) is 5.54 Å². The first-order chi connectivity index (χ1) is 27.1. The van der Waals surface area contributed by atoms with E-state index in [2.05, 4.69) is 228 Å². The molecular formula is C50H41N3S2. The number of fused-ring (bicyclic) bond motifs is 3. The fraction of sp³-hybridized carbons (Fsp3) is 0.0800. The molecule has 0 fully saturated rings. The SMILES string of the molecule is CSc1cccc(N(c2ccccc2)C2(C)CC=C(N(c3ccccc3)c3ccccc3)c3c2sc2cccc(N(c4ccccc4)c4ccccc4)c32)c1. The molecule has 0 bridgehead atoms. The van der Waals surface area contributed by atoms with E-state index in [0.717, 1.165) is 34.9 Å². The average molecular weight is 748 g/mol. The van der Waals surface area contributed by atoms with Gasteiger partial charge < -0.3 is 14.7 Å². The molecule has 1 unspecified atom stereocenters. The lowest BCUT2D eigenvalue weighted by Crippen LogP contribution is -2.42. The summed E-state index contributed by atoms with van der Waals surface area (Å²) in [5.74, 6) is 0. The normalized spacial score (nSPS) is 14.9. The summed E-state index contributed by atoms with van der Waals surface area (Å²) < 4.78 is 1.25. The van der Waals surface area contributed by atoms with Crippen molar-refractivity contribution < 1.29 is 0 Å². The number of benzene rings is 7. The first-order valence-electron chi connectivity index (χ1n) is 18.7. The van der Waals surface area contributed by atoms with E-state index in [-0.39, 0.29) is 0 Å². The standard InChI is InChI=1S/C50H41N3S2/c1-50(53(41-28-16-7-17-29-41)42-30-18-31-43(36-42)54-2)35-34-45(52(39-24-12-5-13-25-39)40-26-14-6-15-27-40)48-47-44(32-19-33-46(47)55-49(48)50)51(37-20-8-3-9-21-37)38-22-10-4-11-23-38/h3-34,36H,35H2,1-2H3. The Bertz CT molecular complexity index is 2490. The summed E-state index contributed by atoms with van der Waals surface area (Å²) in [4.78, 5) is 10.0. The van der Waals surface area contributed by atoms with Crippen molar-refractivity contribution >= 4 is 78.7 Å². The molecule has 8 aromatic rings. The Kier molecular flexibility index (Phi) is 9.49. The Hall–Kier alpha value is -6.01. The maximum atomic E-state index is 2.58. The number of para-hydroxylation sites is 5. The van der Waals surface area contributed by atoms with Crippen LogP contribution in [0.4, 0.5) is 39.8 Å². The molecule has 0 saturated heterocycles. The second-order valence-electron chi connectivity index (χ2n) is 13.9. The van der Waals surface area contributed by atoms with Gasteiger partial charge in [0.05, 0.1) is 16.9 Å². The molecule has 1 aliphatic rings. The molecule has 1 aliphatic carbocycles. The number of hydrogen-bond acceptors (Lipinski definition) is 5. The highest BCUT2D eigenvalue weighted by atomic mass is 32.2. The molecular weight excluding hydrogens is 707 g/mol. The van der Waals surface area contributed by atoms with Gasteiger partial charge >= 0.3 is 0 Å². The highest BCUT2D eigenvalue weighted by Gasteiger charge is 2.43. The molecule has 3 nitrogen and oxygen atoms in total. The van der Waals surface area contributed by atoms with Crippen molar-refractivity contribution in [1.29, 1.82) is 0 Å². The quantitative estimate of drug-likeness (QED) is 0.129. The average Bonchev–Trinajstić information content (AvgIpc) is 3.66. The molecule has 0 N–H and O–H groups in total. The third-order valence-electron chi connectivity index (χ3n) is 10.5. The zero-order valence-corrected chi connectivity index (χ0v) is 32.6. The number of rotatable bonds is 10. The first-order valence-corrected chi connectivity index (χ1v) is 20.7. The molecule has 9 rings (SSSR count). The van der Waals surface area contributed by atoms with Crippen LogP contribution in [0.1, 0.15) is 23.8 Å². The van der Waals surface area contributed by atoms with E-state index in [4.69, 9.17) is 0 Å². The van der Waals surface area contributed by atoms with Crippen molar-refractivity contribution in [1.82, 2.24) is 0 Å². The molecule has 5 heteroatoms. The number of thiophene rings is 1. The maximum absolute atomic E-state index is 2.58. The number of anilines is 7. The third-order valence-corrected chi connectivity index (χ3v) is 12.6. The van der Waals surface area contributed by atoms with Crippen LogP contribution in [0.5, 0.6) is 0 Å². The molecule has 1 heterocycles. The van der Waals surface area contributed by atoms with Crippen LogP contribution in [0.3, 0.4) is 0 Å². The van der Waals surface area contributed by atoms with Crippen LogP contribution in [0.15, 0.2) is 205 Å². The van der Waals surface area contributed by atoms with Gasteiger partial charge in [0, 0.05) is 59.5 Å². The number of nitrogens with zero attached hydrogens (tertiary/aromatic N) is 3. The van der Waals surface area contributed by atoms with E-state index in [9.17, 15) is 0 Å². The van der Waals surface area contributed by atoms with E-state index in [1.165, 1.54) is 42.5 Å². The maximum Gasteiger partial charge on any atom is 0.0808 e. The van der Waals surface area contributed by atoms with Crippen molar-refractivity contribution in [2.75, 3.05) is 21.0 Å². The van der Waals surface area contributed by atoms with E-state index in [1.54, 1.807) is 11.8 Å². The van der Waals surface area contributed by atoms with Gasteiger partial charge in [-0.3, -0.25) is 0 Å². The summed E-state index contributed by atoms with van der Waals surface area (Å²) in [6.07, 6.45) is 5.45. The van der Waals surface area contributed by atoms with Crippen LogP contribution in [-0.4, -0.2) is 6.26 Å². The predicted octanol–water partition coefficient (Wildman–Crippen LogP) is 14.7. The molecule has 0 aliphatic heterocycles. The Labute approximate surface area is 332 Å². The second kappa shape index (κ2) is 15.0. The number of thioether (sulfide) groups is 1. The molecule has 0 saturated carbocycles. The van der Waals surface area contributed by atoms with Gasteiger partial charge in [-0.2, -0.15) is 0 Å². The minimum atomic E-state index is -0.429. The zero-order valence-electron chi connectivity index (χ0n) is 30.9. The molecule has 55 heavy (non-hydrogen) atoms. The zero-order chi connectivity index (χ0) is 37.2. The summed E-state index contributed by atoms with van der Waals surface area (Å²) in [5.41, 5.74) is 10.0. The van der Waals surface area contributed by atoms with Crippen LogP contribution in [0.2, 0.25) is 0 Å². The van der Waals surface area contributed by atoms with Crippen molar-refractivity contribution in [2.24, 2.45) is 0 Å². The molecule has 268 valence electrons. The summed E-state index contributed by atoms with van der Waals surface area (Å²) in [6, 6.07) is 69.9. The topological polar surface area (TPSA) is 9.72 Å². The monoisotopic (exact) mass is 747 g/mol. The van der Waals surface area contributed by atoms with E-state index in [1.807, 2.05) is 11.3 Å². The van der Waals surface area contributed by atoms with Gasteiger partial charge in [-0.05, 0) is 111 Å². The Morgan fingerprint density at radius 3 is 1.51 bits per heavy atom. The van der Waals surface area contributed by atoms with Crippen LogP contribution < -0.4 is 14.7 Å². The molecule has 7 aromatic carbocycles. The summed E-state index contributed by atoms with van der Waals surface area (Å²) in [6.45, 7) is 2.44. The number of hydrogen-bond donors (Lipinski definition) is 0. The van der Waals surface area contributed by atoms with Gasteiger partial charge in [-0.1, -0.05) is 109 Å². The van der Waals surface area contributed by atoms with E-state index >= 15 is 0 Å². The highest BCUT2D eigenvalue weighted by molar-refractivity contribution is 7.98. The minimum Gasteiger partial charge on any atom is -0.330 e. The predicted molar refractivity (Wildman–Crippen MR) is 238 cm³/mol. The van der Waals surface area contributed by atoms with Crippen molar-refractivity contribution in [3.8, 4) is 0 Å². The molecule has 0 radical (unpaired) electrons. The Morgan fingerprint density at radius 2 is 0.982 bits per heavy atom. The largest absolute Gasteiger partial charge is 0.330 e. The van der Waals surface area contributed by atoms with E-state index < -0.39 is 5.54 Å². The van der Waals surface area contributed by atoms with Crippen LogP contribution >= 0.6 is 23.1 Å². The van der Waals surface area contributed by atoms with Crippen molar-refractivity contribution in [2.45, 2.75) is 23.8 Å². The fourth-order valence-corrected chi connectivity index (χ4v) is 9.87. The summed E-state index contributed by atoms with van der Waals surface area (Å²) >= 11 is 3.71. The lowest BCUT2D eigenvalue weighted by Gasteiger charge is -2.46. The van der Waals surface area contributed by atoms with Gasteiger partial charge in [-0.15, -0.1) is 23.1 Å². The molecule has 1 aromatic heterocycles. The highest BCUT2D eigenvalue weighted by Crippen LogP contribution is 2.56. The van der Waals surface area contributed by atoms with Crippen LogP contribution in [0.25, 0.3) is 15.8 Å². The van der Waals surface area contributed by atoms with Gasteiger partial charge in [0.15, 0.2) is 0 Å². The minimum absolute atomic E-state index is 0.429. The Balaban J connectivity index is 1.37. The molecule has 0 spiro atoms. The van der Waals surface area contributed by atoms with Crippen molar-refractivity contribution in [3.05, 3.63) is 211 Å². The van der Waals surface area contributed by atoms with Crippen LogP contribution in [0, 0.1) is 0 Å². The Morgan fingerprint density at radius 1 is 0.509 bits per heavy atom. The van der Waals surface area contributed by atoms with Gasteiger partial charge in [0.1, 0.15) is 0 Å². The van der Waals surface area contributed by atoms with Crippen molar-refractivity contribution in [3.63, 3.8) is 0 Å². The van der Waals surface area contributed by atoms with Gasteiger partial charge in [0.2, 0.25) is 0 Å². The van der Waals surface area contributed by atoms with Gasteiger partial charge in [0.25, 0.3) is 0 Å². The first kappa shape index (κ1) is 34.7. The molecule has 0 amide bonds. The smallest absolute Gasteiger partial charge is 0.0808 e. The lowest BCUT2D eigenvalue weighted by atomic mass is 9.82. The third kappa shape index (κ3) is 6.39. The van der Waals surface area contributed by atoms with Gasteiger partial charge in [-0.25, -0.2) is 0 Å². The summed E-state index contributed by atoms with van der Waals surface area (Å²) in [5, 5.41) is 1.25. The second-order valence-corrected chi connectivity index (χ2v) is 15.8. The fourth-order valence-electron chi connectivity index (χ4n) is 8.03. The summed E-state index contributed by atoms with van der Waals surface area (Å²) in [7, 11) is 0. The molecule has 1 atom stereocenters. The lowest BCUT2D eigenvalue weighted by molar-refractivity contribution is 0.492.